The van der Waals surface area contributed by atoms with Crippen LogP contribution < -0.4 is 16.0 Å². The molecule has 1 aromatic carbocycles. The lowest BCUT2D eigenvalue weighted by atomic mass is 10.0. The highest BCUT2D eigenvalue weighted by Gasteiger charge is 2.32. The summed E-state index contributed by atoms with van der Waals surface area (Å²) in [5, 5.41) is 8.65. The van der Waals surface area contributed by atoms with Crippen LogP contribution in [0.1, 0.15) is 16.7 Å². The van der Waals surface area contributed by atoms with Gasteiger partial charge in [-0.2, -0.15) is 13.2 Å². The fraction of sp³-hybridized carbons (Fsp3) is 0.429. The van der Waals surface area contributed by atoms with Crippen LogP contribution in [0.2, 0.25) is 0 Å². The van der Waals surface area contributed by atoms with E-state index < -0.39 is 11.7 Å². The Labute approximate surface area is 125 Å². The van der Waals surface area contributed by atoms with Gasteiger partial charge in [0.05, 0.1) is 24.7 Å². The molecular formula is C14H15F3N4O. The number of hydrogen-bond donors (Lipinski definition) is 3. The van der Waals surface area contributed by atoms with Crippen molar-refractivity contribution in [2.75, 3.05) is 19.6 Å². The maximum Gasteiger partial charge on any atom is 0.416 e. The Balaban J connectivity index is 1.64. The van der Waals surface area contributed by atoms with E-state index >= 15 is 0 Å². The minimum atomic E-state index is -4.39. The van der Waals surface area contributed by atoms with Gasteiger partial charge in [-0.3, -0.25) is 9.79 Å². The zero-order valence-electron chi connectivity index (χ0n) is 11.6. The fourth-order valence-corrected chi connectivity index (χ4v) is 2.35. The van der Waals surface area contributed by atoms with Crippen molar-refractivity contribution in [2.45, 2.75) is 18.8 Å². The second-order valence-electron chi connectivity index (χ2n) is 5.31. The molecule has 0 aliphatic carbocycles. The van der Waals surface area contributed by atoms with Crippen molar-refractivity contribution in [2.24, 2.45) is 4.99 Å². The van der Waals surface area contributed by atoms with E-state index in [1.165, 1.54) is 6.07 Å². The highest BCUT2D eigenvalue weighted by atomic mass is 19.4. The second-order valence-corrected chi connectivity index (χ2v) is 5.31. The SMILES string of the molecule is O=C(CNC1=NCc2ccc(C(F)(F)F)cc21)NC1CNC1. The summed E-state index contributed by atoms with van der Waals surface area (Å²) in [5.41, 5.74) is 0.416. The lowest BCUT2D eigenvalue weighted by Gasteiger charge is -2.28. The third-order valence-corrected chi connectivity index (χ3v) is 3.66. The molecule has 2 aliphatic rings. The number of carbonyl (C=O) groups is 1. The molecule has 0 spiro atoms. The van der Waals surface area contributed by atoms with Crippen LogP contribution >= 0.6 is 0 Å². The van der Waals surface area contributed by atoms with Gasteiger partial charge < -0.3 is 16.0 Å². The zero-order valence-corrected chi connectivity index (χ0v) is 11.6. The first-order valence-electron chi connectivity index (χ1n) is 6.92. The summed E-state index contributed by atoms with van der Waals surface area (Å²) in [4.78, 5) is 15.9. The van der Waals surface area contributed by atoms with Crippen LogP contribution in [-0.4, -0.2) is 37.4 Å². The fourth-order valence-electron chi connectivity index (χ4n) is 2.35. The quantitative estimate of drug-likeness (QED) is 0.767. The summed E-state index contributed by atoms with van der Waals surface area (Å²) < 4.78 is 38.3. The van der Waals surface area contributed by atoms with Crippen molar-refractivity contribution in [3.8, 4) is 0 Å². The Morgan fingerprint density at radius 1 is 1.36 bits per heavy atom. The van der Waals surface area contributed by atoms with E-state index in [-0.39, 0.29) is 18.5 Å². The molecule has 0 radical (unpaired) electrons. The molecule has 3 rings (SSSR count). The number of amidine groups is 1. The van der Waals surface area contributed by atoms with Gasteiger partial charge in [-0.15, -0.1) is 0 Å². The molecule has 1 saturated heterocycles. The number of aliphatic imine (C=N–C) groups is 1. The van der Waals surface area contributed by atoms with E-state index in [2.05, 4.69) is 20.9 Å². The molecule has 1 aromatic rings. The van der Waals surface area contributed by atoms with Gasteiger partial charge in [0, 0.05) is 18.7 Å². The molecule has 2 heterocycles. The van der Waals surface area contributed by atoms with Gasteiger partial charge in [0.2, 0.25) is 5.91 Å². The van der Waals surface area contributed by atoms with E-state index in [1.54, 1.807) is 0 Å². The van der Waals surface area contributed by atoms with Crippen LogP contribution in [0.25, 0.3) is 0 Å². The number of alkyl halides is 3. The normalized spacial score (nSPS) is 17.5. The smallest absolute Gasteiger partial charge is 0.361 e. The first-order valence-corrected chi connectivity index (χ1v) is 6.92. The van der Waals surface area contributed by atoms with Gasteiger partial charge in [0.25, 0.3) is 0 Å². The average Bonchev–Trinajstić information content (AvgIpc) is 2.82. The molecule has 118 valence electrons. The third-order valence-electron chi connectivity index (χ3n) is 3.66. The van der Waals surface area contributed by atoms with Crippen LogP contribution in [0.3, 0.4) is 0 Å². The minimum Gasteiger partial charge on any atom is -0.361 e. The number of rotatable bonds is 3. The molecule has 1 fully saturated rings. The summed E-state index contributed by atoms with van der Waals surface area (Å²) in [6.07, 6.45) is -4.39. The molecule has 0 atom stereocenters. The number of amides is 1. The van der Waals surface area contributed by atoms with Gasteiger partial charge in [0.15, 0.2) is 0 Å². The molecule has 0 unspecified atom stereocenters. The number of carbonyl (C=O) groups excluding carboxylic acids is 1. The number of benzene rings is 1. The van der Waals surface area contributed by atoms with E-state index in [0.717, 1.165) is 30.8 Å². The van der Waals surface area contributed by atoms with Gasteiger partial charge in [-0.1, -0.05) is 6.07 Å². The molecule has 0 saturated carbocycles. The average molecular weight is 312 g/mol. The van der Waals surface area contributed by atoms with Crippen LogP contribution in [0.5, 0.6) is 0 Å². The summed E-state index contributed by atoms with van der Waals surface area (Å²) in [6.45, 7) is 1.80. The number of nitrogens with zero attached hydrogens (tertiary/aromatic N) is 1. The maximum atomic E-state index is 12.8. The monoisotopic (exact) mass is 312 g/mol. The standard InChI is InChI=1S/C14H15F3N4O/c15-14(16,17)9-2-1-8-4-19-13(11(8)3-9)20-7-12(22)21-10-5-18-6-10/h1-3,10,18H,4-7H2,(H,19,20)(H,21,22). The molecule has 1 amide bonds. The lowest BCUT2D eigenvalue weighted by Crippen LogP contribution is -2.58. The molecule has 8 heteroatoms. The summed E-state index contributed by atoms with van der Waals surface area (Å²) in [5.74, 6) is 0.137. The van der Waals surface area contributed by atoms with Gasteiger partial charge in [0.1, 0.15) is 5.84 Å². The number of fused-ring (bicyclic) bond motifs is 1. The molecule has 5 nitrogen and oxygen atoms in total. The van der Waals surface area contributed by atoms with Crippen LogP contribution in [0.4, 0.5) is 13.2 Å². The molecular weight excluding hydrogens is 297 g/mol. The van der Waals surface area contributed by atoms with E-state index in [9.17, 15) is 18.0 Å². The maximum absolute atomic E-state index is 12.8. The molecule has 0 aromatic heterocycles. The molecule has 3 N–H and O–H groups in total. The van der Waals surface area contributed by atoms with Crippen molar-refractivity contribution in [3.05, 3.63) is 34.9 Å². The Morgan fingerprint density at radius 2 is 2.14 bits per heavy atom. The highest BCUT2D eigenvalue weighted by Crippen LogP contribution is 2.31. The van der Waals surface area contributed by atoms with Crippen molar-refractivity contribution in [1.82, 2.24) is 16.0 Å². The van der Waals surface area contributed by atoms with Crippen molar-refractivity contribution < 1.29 is 18.0 Å². The van der Waals surface area contributed by atoms with E-state index in [0.29, 0.717) is 17.9 Å². The topological polar surface area (TPSA) is 65.5 Å². The van der Waals surface area contributed by atoms with E-state index in [1.807, 2.05) is 0 Å². The largest absolute Gasteiger partial charge is 0.416 e. The zero-order chi connectivity index (χ0) is 15.7. The van der Waals surface area contributed by atoms with Gasteiger partial charge in [-0.25, -0.2) is 0 Å². The molecule has 22 heavy (non-hydrogen) atoms. The first kappa shape index (κ1) is 14.8. The summed E-state index contributed by atoms with van der Waals surface area (Å²) >= 11 is 0. The second kappa shape index (κ2) is 5.60. The van der Waals surface area contributed by atoms with Crippen LogP contribution in [-0.2, 0) is 17.5 Å². The van der Waals surface area contributed by atoms with Gasteiger partial charge >= 0.3 is 6.18 Å². The Hall–Kier alpha value is -2.09. The van der Waals surface area contributed by atoms with Crippen molar-refractivity contribution in [1.29, 1.82) is 0 Å². The number of hydrogen-bond acceptors (Lipinski definition) is 4. The van der Waals surface area contributed by atoms with Gasteiger partial charge in [-0.05, 0) is 17.7 Å². The Kier molecular flexibility index (Phi) is 3.78. The molecule has 2 aliphatic heterocycles. The number of halogens is 3. The molecule has 0 bridgehead atoms. The summed E-state index contributed by atoms with van der Waals surface area (Å²) in [6, 6.07) is 3.68. The van der Waals surface area contributed by atoms with Crippen molar-refractivity contribution >= 4 is 11.7 Å². The third kappa shape index (κ3) is 3.06. The lowest BCUT2D eigenvalue weighted by molar-refractivity contribution is -0.137. The van der Waals surface area contributed by atoms with Crippen LogP contribution in [0.15, 0.2) is 23.2 Å². The Bertz CT molecular complexity index is 623. The van der Waals surface area contributed by atoms with Crippen molar-refractivity contribution in [3.63, 3.8) is 0 Å². The van der Waals surface area contributed by atoms with E-state index in [4.69, 9.17) is 0 Å². The first-order chi connectivity index (χ1) is 10.4. The highest BCUT2D eigenvalue weighted by molar-refractivity contribution is 6.03. The minimum absolute atomic E-state index is 0.00891. The Morgan fingerprint density at radius 3 is 2.77 bits per heavy atom. The predicted molar refractivity (Wildman–Crippen MR) is 74.5 cm³/mol. The van der Waals surface area contributed by atoms with Crippen LogP contribution in [0, 0.1) is 0 Å². The predicted octanol–water partition coefficient (Wildman–Crippen LogP) is 0.643. The summed E-state index contributed by atoms with van der Waals surface area (Å²) in [7, 11) is 0. The number of nitrogens with one attached hydrogen (secondary N) is 3.